The molecular weight excluding hydrogens is 657 g/mol. The van der Waals surface area contributed by atoms with Crippen molar-refractivity contribution in [1.82, 2.24) is 19.5 Å². The van der Waals surface area contributed by atoms with Gasteiger partial charge in [-0.15, -0.1) is 0 Å². The van der Waals surface area contributed by atoms with Gasteiger partial charge in [-0.25, -0.2) is 4.98 Å². The monoisotopic (exact) mass is 691 g/mol. The zero-order chi connectivity index (χ0) is 36.0. The van der Waals surface area contributed by atoms with E-state index in [0.29, 0.717) is 17.6 Å². The van der Waals surface area contributed by atoms with Gasteiger partial charge in [0.2, 0.25) is 12.7 Å². The average molecular weight is 692 g/mol. The summed E-state index contributed by atoms with van der Waals surface area (Å²) in [5, 5.41) is 2.42. The summed E-state index contributed by atoms with van der Waals surface area (Å²) in [5.74, 6) is 1.86. The molecule has 254 valence electrons. The molecule has 0 radical (unpaired) electrons. The molecule has 5 nitrogen and oxygen atoms in total. The Morgan fingerprint density at radius 1 is 0.481 bits per heavy atom. The number of hydrogen-bond donors (Lipinski definition) is 0. The largest absolute Gasteiger partial charge is 0.305 e. The van der Waals surface area contributed by atoms with Crippen molar-refractivity contribution in [2.24, 2.45) is 0 Å². The van der Waals surface area contributed by atoms with E-state index in [9.17, 15) is 0 Å². The Bertz CT molecular complexity index is 2930. The highest BCUT2D eigenvalue weighted by atomic mass is 15.3. The van der Waals surface area contributed by atoms with Gasteiger partial charge in [0.15, 0.2) is 11.6 Å². The number of aromatic nitrogens is 4. The van der Waals surface area contributed by atoms with Crippen LogP contribution in [0.4, 0.5) is 17.3 Å². The highest BCUT2D eigenvalue weighted by molar-refractivity contribution is 6.96. The van der Waals surface area contributed by atoms with E-state index in [0.717, 1.165) is 33.7 Å². The number of para-hydroxylation sites is 4. The fraction of sp³-hybridized carbons (Fsp3) is 0.0625. The molecule has 7 aromatic carbocycles. The molecule has 2 aromatic heterocycles. The van der Waals surface area contributed by atoms with Crippen LogP contribution in [0.2, 0.25) is 0 Å². The maximum atomic E-state index is 5.38. The van der Waals surface area contributed by atoms with Gasteiger partial charge in [0.1, 0.15) is 0 Å². The van der Waals surface area contributed by atoms with Gasteiger partial charge in [0.05, 0.1) is 28.1 Å². The molecule has 2 aliphatic rings. The fourth-order valence-electron chi connectivity index (χ4n) is 9.05. The van der Waals surface area contributed by atoms with Gasteiger partial charge >= 0.3 is 0 Å². The van der Waals surface area contributed by atoms with Crippen LogP contribution in [-0.4, -0.2) is 26.2 Å². The van der Waals surface area contributed by atoms with E-state index in [2.05, 4.69) is 175 Å². The van der Waals surface area contributed by atoms with Crippen LogP contribution in [0.1, 0.15) is 25.0 Å². The number of hydrogen-bond acceptors (Lipinski definition) is 4. The molecular formula is C48H34BN5. The van der Waals surface area contributed by atoms with E-state index in [1.165, 1.54) is 43.8 Å². The summed E-state index contributed by atoms with van der Waals surface area (Å²) in [6.45, 7) is 4.81. The standard InChI is InChI=1S/C48H34BN5/c1-48(2)36-22-10-11-23-38(36)49(33-18-7-4-8-19-33)39-29-28-32(30-37(39)48)46-50-45(31-16-5-3-6-17-31)51-47(52-46)54-42-26-14-13-25-41(42)53-40-24-12-9-20-34(40)35-21-15-27-43(54)44(35)53/h3-30H,1-2H3. The molecule has 4 heterocycles. The predicted molar refractivity (Wildman–Crippen MR) is 223 cm³/mol. The molecule has 11 rings (SSSR count). The average Bonchev–Trinajstić information content (AvgIpc) is 3.57. The summed E-state index contributed by atoms with van der Waals surface area (Å²) < 4.78 is 2.39. The quantitative estimate of drug-likeness (QED) is 0.173. The Labute approximate surface area is 314 Å². The third-order valence-electron chi connectivity index (χ3n) is 11.5. The molecule has 0 spiro atoms. The van der Waals surface area contributed by atoms with Crippen molar-refractivity contribution in [1.29, 1.82) is 0 Å². The Morgan fingerprint density at radius 2 is 1.11 bits per heavy atom. The van der Waals surface area contributed by atoms with Crippen LogP contribution < -0.4 is 21.3 Å². The third-order valence-corrected chi connectivity index (χ3v) is 11.5. The molecule has 0 unspecified atom stereocenters. The first kappa shape index (κ1) is 30.8. The summed E-state index contributed by atoms with van der Waals surface area (Å²) in [4.78, 5) is 18.1. The van der Waals surface area contributed by atoms with E-state index in [1.54, 1.807) is 0 Å². The van der Waals surface area contributed by atoms with Gasteiger partial charge < -0.3 is 4.57 Å². The molecule has 9 aromatic rings. The zero-order valence-electron chi connectivity index (χ0n) is 30.0. The Morgan fingerprint density at radius 3 is 1.94 bits per heavy atom. The molecule has 0 saturated heterocycles. The molecule has 0 amide bonds. The van der Waals surface area contributed by atoms with Crippen molar-refractivity contribution in [2.45, 2.75) is 19.3 Å². The molecule has 0 atom stereocenters. The van der Waals surface area contributed by atoms with E-state index in [-0.39, 0.29) is 12.1 Å². The van der Waals surface area contributed by atoms with Crippen molar-refractivity contribution in [3.8, 4) is 28.5 Å². The minimum Gasteiger partial charge on any atom is -0.305 e. The van der Waals surface area contributed by atoms with Gasteiger partial charge in [-0.1, -0.05) is 170 Å². The second-order valence-corrected chi connectivity index (χ2v) is 14.9. The summed E-state index contributed by atoms with van der Waals surface area (Å²) in [5.41, 5.74) is 13.7. The maximum Gasteiger partial charge on any atom is 0.241 e. The summed E-state index contributed by atoms with van der Waals surface area (Å²) in [7, 11) is 0. The third kappa shape index (κ3) is 4.43. The predicted octanol–water partition coefficient (Wildman–Crippen LogP) is 9.24. The van der Waals surface area contributed by atoms with E-state index >= 15 is 0 Å². The van der Waals surface area contributed by atoms with E-state index < -0.39 is 0 Å². The van der Waals surface area contributed by atoms with Crippen LogP contribution in [0.15, 0.2) is 170 Å². The number of nitrogens with zero attached hydrogens (tertiary/aromatic N) is 5. The van der Waals surface area contributed by atoms with Gasteiger partial charge in [0, 0.05) is 27.3 Å². The zero-order valence-corrected chi connectivity index (χ0v) is 30.0. The van der Waals surface area contributed by atoms with Crippen LogP contribution >= 0.6 is 0 Å². The summed E-state index contributed by atoms with van der Waals surface area (Å²) >= 11 is 0. The molecule has 54 heavy (non-hydrogen) atoms. The van der Waals surface area contributed by atoms with Crippen LogP contribution in [0, 0.1) is 0 Å². The molecule has 0 fully saturated rings. The van der Waals surface area contributed by atoms with Crippen molar-refractivity contribution < 1.29 is 0 Å². The highest BCUT2D eigenvalue weighted by Gasteiger charge is 2.40. The van der Waals surface area contributed by atoms with Crippen molar-refractivity contribution in [2.75, 3.05) is 4.90 Å². The SMILES string of the molecule is CC1(C)c2ccccc2B(c2ccccc2)c2ccc(-c3nc(-c4ccccc4)nc(N4c5ccccc5-n5c6ccccc6c6cccc4c65)n3)cc21. The summed E-state index contributed by atoms with van der Waals surface area (Å²) in [6.07, 6.45) is 0. The second-order valence-electron chi connectivity index (χ2n) is 14.9. The van der Waals surface area contributed by atoms with Gasteiger partial charge in [-0.05, 0) is 41.5 Å². The molecule has 0 aliphatic carbocycles. The lowest BCUT2D eigenvalue weighted by atomic mass is 9.31. The van der Waals surface area contributed by atoms with Crippen molar-refractivity contribution in [3.05, 3.63) is 181 Å². The van der Waals surface area contributed by atoms with Crippen LogP contribution in [-0.2, 0) is 5.41 Å². The van der Waals surface area contributed by atoms with Gasteiger partial charge in [-0.3, -0.25) is 4.90 Å². The van der Waals surface area contributed by atoms with Gasteiger partial charge in [-0.2, -0.15) is 9.97 Å². The number of benzene rings is 7. The molecule has 6 heteroatoms. The minimum atomic E-state index is -0.236. The first-order chi connectivity index (χ1) is 26.6. The summed E-state index contributed by atoms with van der Waals surface area (Å²) in [6, 6.07) is 60.6. The second kappa shape index (κ2) is 11.6. The van der Waals surface area contributed by atoms with Crippen molar-refractivity contribution in [3.63, 3.8) is 0 Å². The normalized spacial score (nSPS) is 13.8. The lowest BCUT2D eigenvalue weighted by Gasteiger charge is -2.39. The molecule has 0 saturated carbocycles. The van der Waals surface area contributed by atoms with Crippen LogP contribution in [0.25, 0.3) is 50.3 Å². The van der Waals surface area contributed by atoms with Crippen LogP contribution in [0.5, 0.6) is 0 Å². The molecule has 0 bridgehead atoms. The van der Waals surface area contributed by atoms with Crippen molar-refractivity contribution >= 4 is 62.2 Å². The highest BCUT2D eigenvalue weighted by Crippen LogP contribution is 2.49. The number of anilines is 3. The minimum absolute atomic E-state index is 0.130. The maximum absolute atomic E-state index is 5.38. The van der Waals surface area contributed by atoms with E-state index in [1.807, 2.05) is 18.2 Å². The van der Waals surface area contributed by atoms with Crippen LogP contribution in [0.3, 0.4) is 0 Å². The number of fused-ring (bicyclic) bond motifs is 7. The Balaban J connectivity index is 1.15. The Kier molecular flexibility index (Phi) is 6.62. The first-order valence-electron chi connectivity index (χ1n) is 18.6. The topological polar surface area (TPSA) is 46.8 Å². The fourth-order valence-corrected chi connectivity index (χ4v) is 9.05. The number of rotatable bonds is 4. The molecule has 0 N–H and O–H groups in total. The van der Waals surface area contributed by atoms with E-state index in [4.69, 9.17) is 15.0 Å². The molecule has 2 aliphatic heterocycles. The van der Waals surface area contributed by atoms with Gasteiger partial charge in [0.25, 0.3) is 0 Å². The first-order valence-corrected chi connectivity index (χ1v) is 18.6. The lowest BCUT2D eigenvalue weighted by molar-refractivity contribution is 0.646. The smallest absolute Gasteiger partial charge is 0.241 e. The lowest BCUT2D eigenvalue weighted by Crippen LogP contribution is -2.60. The Hall–Kier alpha value is -6.79.